The molecule has 0 atom stereocenters. The van der Waals surface area contributed by atoms with E-state index in [0.29, 0.717) is 0 Å². The Morgan fingerprint density at radius 2 is 0.852 bits per heavy atom. The summed E-state index contributed by atoms with van der Waals surface area (Å²) in [7, 11) is 0. The number of hydrogen-bond donors (Lipinski definition) is 0. The fourth-order valence-corrected chi connectivity index (χ4v) is 9.54. The molecule has 54 heavy (non-hydrogen) atoms. The van der Waals surface area contributed by atoms with E-state index in [4.69, 9.17) is 0 Å². The van der Waals surface area contributed by atoms with Crippen molar-refractivity contribution in [2.24, 2.45) is 0 Å². The Kier molecular flexibility index (Phi) is 7.14. The van der Waals surface area contributed by atoms with Gasteiger partial charge in [-0.15, -0.1) is 11.3 Å². The monoisotopic (exact) mass is 706 g/mol. The van der Waals surface area contributed by atoms with Crippen LogP contribution >= 0.6 is 11.3 Å². The van der Waals surface area contributed by atoms with Gasteiger partial charge in [0.2, 0.25) is 0 Å². The highest BCUT2D eigenvalue weighted by Gasteiger charge is 2.24. The predicted molar refractivity (Wildman–Crippen MR) is 232 cm³/mol. The van der Waals surface area contributed by atoms with Crippen LogP contribution in [-0.2, 0) is 6.42 Å². The van der Waals surface area contributed by atoms with Crippen LogP contribution in [0.2, 0.25) is 0 Å². The zero-order chi connectivity index (χ0) is 35.6. The van der Waals surface area contributed by atoms with Crippen molar-refractivity contribution in [1.82, 2.24) is 0 Å². The molecular formula is C51H34N2S. The van der Waals surface area contributed by atoms with Crippen molar-refractivity contribution in [3.63, 3.8) is 0 Å². The quantitative estimate of drug-likeness (QED) is 0.170. The van der Waals surface area contributed by atoms with Crippen molar-refractivity contribution >= 4 is 87.2 Å². The van der Waals surface area contributed by atoms with Gasteiger partial charge >= 0.3 is 0 Å². The summed E-state index contributed by atoms with van der Waals surface area (Å²) >= 11 is 1.87. The summed E-state index contributed by atoms with van der Waals surface area (Å²) in [4.78, 5) is 4.81. The van der Waals surface area contributed by atoms with Crippen molar-refractivity contribution in [2.45, 2.75) is 6.42 Å². The summed E-state index contributed by atoms with van der Waals surface area (Å²) in [6.45, 7) is 0. The summed E-state index contributed by atoms with van der Waals surface area (Å²) in [5.74, 6) is 0. The second kappa shape index (κ2) is 12.5. The number of anilines is 6. The highest BCUT2D eigenvalue weighted by Crippen LogP contribution is 2.46. The van der Waals surface area contributed by atoms with Gasteiger partial charge < -0.3 is 9.80 Å². The lowest BCUT2D eigenvalue weighted by Gasteiger charge is -2.27. The largest absolute Gasteiger partial charge is 0.310 e. The third-order valence-electron chi connectivity index (χ3n) is 11.0. The maximum Gasteiger partial charge on any atom is 0.0476 e. The first kappa shape index (κ1) is 30.9. The second-order valence-electron chi connectivity index (χ2n) is 14.2. The number of benzene rings is 9. The fraction of sp³-hybridized carbons (Fsp3) is 0.0196. The van der Waals surface area contributed by atoms with E-state index in [-0.39, 0.29) is 0 Å². The van der Waals surface area contributed by atoms with Gasteiger partial charge in [0, 0.05) is 54.3 Å². The molecule has 1 aliphatic carbocycles. The third kappa shape index (κ3) is 5.16. The zero-order valence-corrected chi connectivity index (χ0v) is 30.3. The van der Waals surface area contributed by atoms with Crippen LogP contribution in [0.25, 0.3) is 52.8 Å². The number of hydrogen-bond acceptors (Lipinski definition) is 3. The lowest BCUT2D eigenvalue weighted by Crippen LogP contribution is -2.10. The van der Waals surface area contributed by atoms with Gasteiger partial charge in [0.25, 0.3) is 0 Å². The molecule has 1 aromatic heterocycles. The molecule has 10 aromatic rings. The molecule has 0 spiro atoms. The minimum Gasteiger partial charge on any atom is -0.310 e. The first-order valence-electron chi connectivity index (χ1n) is 18.5. The van der Waals surface area contributed by atoms with Crippen molar-refractivity contribution in [3.05, 3.63) is 205 Å². The molecular weight excluding hydrogens is 673 g/mol. The molecule has 9 aromatic carbocycles. The first-order chi connectivity index (χ1) is 26.7. The number of rotatable bonds is 6. The Labute approximate surface area is 318 Å². The summed E-state index contributed by atoms with van der Waals surface area (Å²) in [5, 5.41) is 7.58. The lowest BCUT2D eigenvalue weighted by molar-refractivity contribution is 1.23. The Morgan fingerprint density at radius 1 is 0.315 bits per heavy atom. The molecule has 0 bridgehead atoms. The Bertz CT molecular complexity index is 2970. The van der Waals surface area contributed by atoms with Gasteiger partial charge in [-0.2, -0.15) is 0 Å². The van der Waals surface area contributed by atoms with Gasteiger partial charge in [0.1, 0.15) is 0 Å². The van der Waals surface area contributed by atoms with Crippen LogP contribution in [0, 0.1) is 0 Å². The van der Waals surface area contributed by atoms with Crippen molar-refractivity contribution in [3.8, 4) is 11.1 Å². The number of nitrogens with zero attached hydrogens (tertiary/aromatic N) is 2. The van der Waals surface area contributed by atoms with E-state index in [0.717, 1.165) is 29.2 Å². The van der Waals surface area contributed by atoms with Crippen LogP contribution in [0.5, 0.6) is 0 Å². The molecule has 0 saturated carbocycles. The summed E-state index contributed by atoms with van der Waals surface area (Å²) in [6, 6.07) is 71.3. The van der Waals surface area contributed by atoms with Gasteiger partial charge in [0.05, 0.1) is 0 Å². The van der Waals surface area contributed by atoms with Gasteiger partial charge in [0.15, 0.2) is 0 Å². The van der Waals surface area contributed by atoms with Crippen LogP contribution in [0.15, 0.2) is 194 Å². The number of para-hydroxylation sites is 1. The average molecular weight is 707 g/mol. The minimum atomic E-state index is 0.905. The molecule has 2 nitrogen and oxygen atoms in total. The van der Waals surface area contributed by atoms with Gasteiger partial charge in [-0.3, -0.25) is 0 Å². The maximum absolute atomic E-state index is 2.41. The Hall–Kier alpha value is -6.68. The van der Waals surface area contributed by atoms with E-state index in [1.807, 2.05) is 11.3 Å². The molecule has 0 amide bonds. The number of fused-ring (bicyclic) bond motifs is 8. The summed E-state index contributed by atoms with van der Waals surface area (Å²) in [5.41, 5.74) is 12.3. The smallest absolute Gasteiger partial charge is 0.0476 e. The van der Waals surface area contributed by atoms with Crippen LogP contribution in [0.1, 0.15) is 11.1 Å². The minimum absolute atomic E-state index is 0.905. The Morgan fingerprint density at radius 3 is 1.61 bits per heavy atom. The molecule has 0 fully saturated rings. The Balaban J connectivity index is 1.02. The van der Waals surface area contributed by atoms with Crippen molar-refractivity contribution in [2.75, 3.05) is 9.80 Å². The predicted octanol–water partition coefficient (Wildman–Crippen LogP) is 14.9. The molecule has 0 aliphatic heterocycles. The van der Waals surface area contributed by atoms with Gasteiger partial charge in [-0.25, -0.2) is 0 Å². The lowest BCUT2D eigenvalue weighted by atomic mass is 10.0. The van der Waals surface area contributed by atoms with Crippen LogP contribution in [-0.4, -0.2) is 0 Å². The van der Waals surface area contributed by atoms with E-state index in [2.05, 4.69) is 204 Å². The molecule has 3 heteroatoms. The van der Waals surface area contributed by atoms with E-state index in [1.54, 1.807) is 0 Å². The topological polar surface area (TPSA) is 6.48 Å². The third-order valence-corrected chi connectivity index (χ3v) is 12.1. The highest BCUT2D eigenvalue weighted by atomic mass is 32.1. The standard InChI is InChI=1S/C51H34N2S/c1-2-14-40(15-3-1)52(45-25-27-48-47-16-8-9-17-50(47)54-51(48)33-45)43-24-26-46-39(31-43)28-38-20-23-44(32-49(38)46)53(41-21-18-34-10-4-6-12-36(34)29-41)42-22-19-35-11-5-7-13-37(35)30-42/h1-27,29-33H,28H2. The highest BCUT2D eigenvalue weighted by molar-refractivity contribution is 7.25. The molecule has 11 rings (SSSR count). The SMILES string of the molecule is c1ccc(N(c2ccc3c(c2)Cc2ccc(N(c4ccc5ccccc5c4)c4ccc5ccccc5c4)cc2-3)c2ccc3c(c2)sc2ccccc23)cc1. The van der Waals surface area contributed by atoms with E-state index in [1.165, 1.54) is 75.3 Å². The zero-order valence-electron chi connectivity index (χ0n) is 29.5. The summed E-state index contributed by atoms with van der Waals surface area (Å²) in [6.07, 6.45) is 0.905. The van der Waals surface area contributed by atoms with E-state index >= 15 is 0 Å². The van der Waals surface area contributed by atoms with Crippen LogP contribution < -0.4 is 9.80 Å². The van der Waals surface area contributed by atoms with Crippen LogP contribution in [0.4, 0.5) is 34.1 Å². The molecule has 254 valence electrons. The van der Waals surface area contributed by atoms with Crippen molar-refractivity contribution < 1.29 is 0 Å². The molecule has 0 saturated heterocycles. The summed E-state index contributed by atoms with van der Waals surface area (Å²) < 4.78 is 2.63. The molecule has 1 aliphatic rings. The average Bonchev–Trinajstić information content (AvgIpc) is 3.79. The molecule has 0 radical (unpaired) electrons. The molecule has 0 N–H and O–H groups in total. The molecule has 0 unspecified atom stereocenters. The fourth-order valence-electron chi connectivity index (χ4n) is 8.40. The maximum atomic E-state index is 2.41. The van der Waals surface area contributed by atoms with Gasteiger partial charge in [-0.05, 0) is 129 Å². The first-order valence-corrected chi connectivity index (χ1v) is 19.4. The van der Waals surface area contributed by atoms with E-state index in [9.17, 15) is 0 Å². The van der Waals surface area contributed by atoms with E-state index < -0.39 is 0 Å². The van der Waals surface area contributed by atoms with Crippen LogP contribution in [0.3, 0.4) is 0 Å². The van der Waals surface area contributed by atoms with Gasteiger partial charge in [-0.1, -0.05) is 115 Å². The second-order valence-corrected chi connectivity index (χ2v) is 15.3. The number of thiophene rings is 1. The van der Waals surface area contributed by atoms with Crippen molar-refractivity contribution in [1.29, 1.82) is 0 Å². The molecule has 1 heterocycles. The normalized spacial score (nSPS) is 12.0.